The molecule has 0 aromatic heterocycles. The van der Waals surface area contributed by atoms with Crippen LogP contribution in [0.1, 0.15) is 357 Å². The van der Waals surface area contributed by atoms with E-state index in [1.165, 1.54) is 148 Å². The number of allylic oxidation sites excluding steroid dienone is 4. The molecule has 554 valence electrons. The van der Waals surface area contributed by atoms with Gasteiger partial charge in [0.2, 0.25) is 0 Å². The molecule has 0 saturated carbocycles. The molecule has 0 fully saturated rings. The Morgan fingerprint density at radius 2 is 0.628 bits per heavy atom. The molecule has 0 aliphatic heterocycles. The van der Waals surface area contributed by atoms with E-state index in [9.17, 15) is 43.2 Å². The Morgan fingerprint density at radius 3 is 0.947 bits per heavy atom. The summed E-state index contributed by atoms with van der Waals surface area (Å²) in [6.45, 7) is 11.8. The van der Waals surface area contributed by atoms with Crippen LogP contribution in [0.25, 0.3) is 0 Å². The van der Waals surface area contributed by atoms with Crippen molar-refractivity contribution in [2.45, 2.75) is 375 Å². The van der Waals surface area contributed by atoms with Gasteiger partial charge in [-0.3, -0.25) is 37.3 Å². The Balaban J connectivity index is 5.28. The Hall–Kier alpha value is -2.46. The second-order valence-electron chi connectivity index (χ2n) is 27.5. The standard InChI is InChI=1S/C75H142O17P2/c1-8-10-11-12-13-14-15-16-17-22-25-28-36-44-51-58-74(79)91-70(62-85-72(77)56-49-42-35-27-24-21-19-18-20-23-26-32-39-46-53-66(3)4)64-89-93(81,82)87-60-69(76)61-88-94(83,84)90-65-71(63-86-73(78)57-50-43-38-31-33-40-47-54-67(5)6)92-75(80)59-52-45-37-30-29-34-41-48-55-68(7)9-2/h14-17,66-71,76H,8-13,18-65H2,1-7H3,(H,81,82)(H,83,84)/b15-14-,17-16-/t68?,69?,70-,71-/m1/s1. The number of aliphatic hydroxyl groups excluding tert-OH is 1. The maximum atomic E-state index is 13.1. The third-order valence-electron chi connectivity index (χ3n) is 17.1. The molecule has 0 rings (SSSR count). The number of phosphoric ester groups is 2. The molecule has 0 aliphatic carbocycles. The predicted molar refractivity (Wildman–Crippen MR) is 381 cm³/mol. The minimum atomic E-state index is -4.97. The van der Waals surface area contributed by atoms with Crippen LogP contribution in [0.2, 0.25) is 0 Å². The molecular weight excluding hydrogens is 1230 g/mol. The molecule has 3 N–H and O–H groups in total. The zero-order valence-corrected chi connectivity index (χ0v) is 62.7. The van der Waals surface area contributed by atoms with Crippen LogP contribution in [0.15, 0.2) is 24.3 Å². The minimum absolute atomic E-state index is 0.0848. The van der Waals surface area contributed by atoms with Gasteiger partial charge in [-0.05, 0) is 69.1 Å². The van der Waals surface area contributed by atoms with Gasteiger partial charge in [-0.15, -0.1) is 0 Å². The predicted octanol–water partition coefficient (Wildman–Crippen LogP) is 21.3. The van der Waals surface area contributed by atoms with Gasteiger partial charge in [-0.25, -0.2) is 9.13 Å². The molecule has 0 radical (unpaired) electrons. The molecule has 0 bridgehead atoms. The van der Waals surface area contributed by atoms with E-state index in [1.54, 1.807) is 0 Å². The summed E-state index contributed by atoms with van der Waals surface area (Å²) >= 11 is 0. The third-order valence-corrected chi connectivity index (χ3v) is 19.0. The average Bonchev–Trinajstić information content (AvgIpc) is 1.39. The lowest BCUT2D eigenvalue weighted by Gasteiger charge is -2.21. The van der Waals surface area contributed by atoms with Crippen molar-refractivity contribution in [1.82, 2.24) is 0 Å². The van der Waals surface area contributed by atoms with Gasteiger partial charge in [0.25, 0.3) is 0 Å². The fourth-order valence-corrected chi connectivity index (χ4v) is 12.4. The van der Waals surface area contributed by atoms with Gasteiger partial charge in [0.15, 0.2) is 12.2 Å². The lowest BCUT2D eigenvalue weighted by Crippen LogP contribution is -2.30. The Bertz CT molecular complexity index is 1930. The largest absolute Gasteiger partial charge is 0.472 e. The van der Waals surface area contributed by atoms with Crippen LogP contribution < -0.4 is 0 Å². The van der Waals surface area contributed by atoms with Gasteiger partial charge >= 0.3 is 39.5 Å². The van der Waals surface area contributed by atoms with Crippen molar-refractivity contribution in [3.63, 3.8) is 0 Å². The Labute approximate surface area is 573 Å². The van der Waals surface area contributed by atoms with E-state index in [4.69, 9.17) is 37.0 Å². The smallest absolute Gasteiger partial charge is 0.462 e. The number of esters is 4. The molecule has 0 heterocycles. The highest BCUT2D eigenvalue weighted by Crippen LogP contribution is 2.45. The van der Waals surface area contributed by atoms with Crippen molar-refractivity contribution in [2.24, 2.45) is 17.8 Å². The van der Waals surface area contributed by atoms with Crippen LogP contribution in [-0.2, 0) is 65.4 Å². The zero-order chi connectivity index (χ0) is 69.4. The molecule has 94 heavy (non-hydrogen) atoms. The van der Waals surface area contributed by atoms with Gasteiger partial charge in [-0.2, -0.15) is 0 Å². The van der Waals surface area contributed by atoms with Gasteiger partial charge in [0.1, 0.15) is 19.3 Å². The topological polar surface area (TPSA) is 237 Å². The number of phosphoric acid groups is 2. The summed E-state index contributed by atoms with van der Waals surface area (Å²) in [6.07, 6.45) is 53.6. The molecule has 19 heteroatoms. The van der Waals surface area contributed by atoms with E-state index in [0.717, 1.165) is 121 Å². The number of ether oxygens (including phenoxy) is 4. The summed E-state index contributed by atoms with van der Waals surface area (Å²) in [7, 11) is -9.92. The van der Waals surface area contributed by atoms with Crippen molar-refractivity contribution in [3.05, 3.63) is 24.3 Å². The van der Waals surface area contributed by atoms with E-state index in [-0.39, 0.29) is 25.7 Å². The summed E-state index contributed by atoms with van der Waals surface area (Å²) in [6, 6.07) is 0. The van der Waals surface area contributed by atoms with Crippen LogP contribution >= 0.6 is 15.6 Å². The summed E-state index contributed by atoms with van der Waals surface area (Å²) in [4.78, 5) is 72.7. The lowest BCUT2D eigenvalue weighted by atomic mass is 9.99. The number of carbonyl (C=O) groups is 4. The second kappa shape index (κ2) is 65.2. The van der Waals surface area contributed by atoms with Crippen LogP contribution in [0.5, 0.6) is 0 Å². The van der Waals surface area contributed by atoms with Gasteiger partial charge in [0.05, 0.1) is 26.4 Å². The Morgan fingerprint density at radius 1 is 0.351 bits per heavy atom. The first-order valence-electron chi connectivity index (χ1n) is 38.2. The number of aliphatic hydroxyl groups is 1. The fourth-order valence-electron chi connectivity index (χ4n) is 10.9. The van der Waals surface area contributed by atoms with Crippen molar-refractivity contribution >= 4 is 39.5 Å². The maximum absolute atomic E-state index is 13.1. The fraction of sp³-hybridized carbons (Fsp3) is 0.893. The number of rotatable bonds is 71. The molecule has 0 aromatic carbocycles. The van der Waals surface area contributed by atoms with Crippen LogP contribution in [0.4, 0.5) is 0 Å². The summed E-state index contributed by atoms with van der Waals surface area (Å²) in [5.74, 6) is 0.116. The molecule has 0 spiro atoms. The molecule has 6 atom stereocenters. The molecule has 0 amide bonds. The monoisotopic (exact) mass is 1380 g/mol. The van der Waals surface area contributed by atoms with E-state index in [0.29, 0.717) is 31.6 Å². The summed E-state index contributed by atoms with van der Waals surface area (Å²) in [5.41, 5.74) is 0. The Kier molecular flexibility index (Phi) is 63.5. The molecule has 17 nitrogen and oxygen atoms in total. The zero-order valence-electron chi connectivity index (χ0n) is 60.9. The van der Waals surface area contributed by atoms with Gasteiger partial charge in [-0.1, -0.05) is 304 Å². The molecule has 0 aromatic rings. The minimum Gasteiger partial charge on any atom is -0.462 e. The van der Waals surface area contributed by atoms with E-state index in [2.05, 4.69) is 72.8 Å². The highest BCUT2D eigenvalue weighted by atomic mass is 31.2. The van der Waals surface area contributed by atoms with Crippen molar-refractivity contribution in [2.75, 3.05) is 39.6 Å². The number of hydrogen-bond donors (Lipinski definition) is 3. The van der Waals surface area contributed by atoms with Crippen LogP contribution in [0, 0.1) is 17.8 Å². The molecule has 0 saturated heterocycles. The summed E-state index contributed by atoms with van der Waals surface area (Å²) < 4.78 is 68.4. The van der Waals surface area contributed by atoms with Gasteiger partial charge in [0, 0.05) is 25.7 Å². The molecular formula is C75H142O17P2. The third kappa shape index (κ3) is 66.8. The van der Waals surface area contributed by atoms with Crippen LogP contribution in [-0.4, -0.2) is 96.7 Å². The molecule has 4 unspecified atom stereocenters. The number of carbonyl (C=O) groups excluding carboxylic acids is 4. The first-order valence-corrected chi connectivity index (χ1v) is 41.2. The van der Waals surface area contributed by atoms with Crippen molar-refractivity contribution < 1.29 is 80.2 Å². The van der Waals surface area contributed by atoms with Crippen LogP contribution in [0.3, 0.4) is 0 Å². The molecule has 0 aliphatic rings. The van der Waals surface area contributed by atoms with E-state index in [1.807, 2.05) is 0 Å². The second-order valence-corrected chi connectivity index (χ2v) is 30.5. The van der Waals surface area contributed by atoms with E-state index < -0.39 is 97.5 Å². The van der Waals surface area contributed by atoms with Crippen molar-refractivity contribution in [1.29, 1.82) is 0 Å². The maximum Gasteiger partial charge on any atom is 0.472 e. The SMILES string of the molecule is CCCCCC/C=C\C=C/CCCCCCCC(=O)O[C@H](COC(=O)CCCCCCCCCCCCCCCCC(C)C)COP(=O)(O)OCC(O)COP(=O)(O)OC[C@@H](COC(=O)CCCCCCCCCC(C)C)OC(=O)CCCCCCCCCCC(C)CC. The van der Waals surface area contributed by atoms with E-state index >= 15 is 0 Å². The first kappa shape index (κ1) is 91.5. The lowest BCUT2D eigenvalue weighted by molar-refractivity contribution is -0.161. The number of unbranched alkanes of at least 4 members (excludes halogenated alkanes) is 35. The van der Waals surface area contributed by atoms with Crippen molar-refractivity contribution in [3.8, 4) is 0 Å². The highest BCUT2D eigenvalue weighted by molar-refractivity contribution is 7.47. The normalized spacial score (nSPS) is 14.6. The summed E-state index contributed by atoms with van der Waals surface area (Å²) in [5, 5.41) is 10.6. The van der Waals surface area contributed by atoms with Gasteiger partial charge < -0.3 is 33.8 Å². The number of hydrogen-bond acceptors (Lipinski definition) is 15. The average molecular weight is 1380 g/mol. The quantitative estimate of drug-likeness (QED) is 0.0169. The highest BCUT2D eigenvalue weighted by Gasteiger charge is 2.30. The first-order chi connectivity index (χ1) is 45.3.